The van der Waals surface area contributed by atoms with Crippen molar-refractivity contribution in [3.63, 3.8) is 0 Å². The zero-order valence-corrected chi connectivity index (χ0v) is 14.3. The molecular weight excluding hydrogens is 335 g/mol. The van der Waals surface area contributed by atoms with E-state index < -0.39 is 15.8 Å². The Hall–Kier alpha value is -1.97. The maximum absolute atomic E-state index is 13.9. The number of likely N-dealkylation sites (N-methyl/N-ethyl adjacent to an activating group) is 1. The highest BCUT2D eigenvalue weighted by Crippen LogP contribution is 2.28. The highest BCUT2D eigenvalue weighted by molar-refractivity contribution is 7.89. The third-order valence-corrected chi connectivity index (χ3v) is 6.07. The number of ether oxygens (including phenoxy) is 1. The Morgan fingerprint density at radius 3 is 2.79 bits per heavy atom. The molecule has 2 heterocycles. The maximum Gasteiger partial charge on any atom is 0.243 e. The van der Waals surface area contributed by atoms with Gasteiger partial charge in [0.25, 0.3) is 0 Å². The Labute approximate surface area is 140 Å². The zero-order chi connectivity index (χ0) is 17.3. The van der Waals surface area contributed by atoms with Crippen molar-refractivity contribution in [1.82, 2.24) is 19.2 Å². The summed E-state index contributed by atoms with van der Waals surface area (Å²) < 4.78 is 45.7. The first-order valence-corrected chi connectivity index (χ1v) is 8.90. The first-order chi connectivity index (χ1) is 11.4. The van der Waals surface area contributed by atoms with Gasteiger partial charge in [0, 0.05) is 32.0 Å². The van der Waals surface area contributed by atoms with Crippen LogP contribution in [0.25, 0.3) is 0 Å². The van der Waals surface area contributed by atoms with Gasteiger partial charge in [-0.25, -0.2) is 17.8 Å². The molecule has 130 valence electrons. The number of aromatic nitrogens is 2. The van der Waals surface area contributed by atoms with Gasteiger partial charge in [0.05, 0.1) is 18.0 Å². The van der Waals surface area contributed by atoms with Gasteiger partial charge in [0.1, 0.15) is 5.82 Å². The van der Waals surface area contributed by atoms with Crippen LogP contribution in [0, 0.1) is 5.82 Å². The minimum Gasteiger partial charge on any atom is -0.494 e. The molecule has 0 spiro atoms. The van der Waals surface area contributed by atoms with Gasteiger partial charge in [0.2, 0.25) is 10.0 Å². The molecule has 0 unspecified atom stereocenters. The Morgan fingerprint density at radius 1 is 1.38 bits per heavy atom. The first kappa shape index (κ1) is 16.9. The van der Waals surface area contributed by atoms with Crippen LogP contribution in [0.2, 0.25) is 0 Å². The molecule has 1 aliphatic rings. The molecule has 1 aliphatic heterocycles. The van der Waals surface area contributed by atoms with Crippen LogP contribution in [0.15, 0.2) is 35.5 Å². The fourth-order valence-corrected chi connectivity index (χ4v) is 4.23. The van der Waals surface area contributed by atoms with Crippen molar-refractivity contribution in [3.05, 3.63) is 42.2 Å². The molecule has 3 rings (SSSR count). The number of aromatic amines is 1. The normalized spacial score (nSPS) is 20.2. The lowest BCUT2D eigenvalue weighted by molar-refractivity contribution is 0.142. The fourth-order valence-electron chi connectivity index (χ4n) is 2.78. The Kier molecular flexibility index (Phi) is 4.57. The van der Waals surface area contributed by atoms with Gasteiger partial charge >= 0.3 is 0 Å². The lowest BCUT2D eigenvalue weighted by Gasteiger charge is -2.37. The van der Waals surface area contributed by atoms with Crippen LogP contribution >= 0.6 is 0 Å². The number of rotatable bonds is 4. The molecule has 1 N–H and O–H groups in total. The van der Waals surface area contributed by atoms with Crippen LogP contribution in [0.3, 0.4) is 0 Å². The average Bonchev–Trinajstić information content (AvgIpc) is 3.09. The van der Waals surface area contributed by atoms with Crippen molar-refractivity contribution in [3.8, 4) is 5.75 Å². The molecule has 0 saturated carbocycles. The molecule has 2 aromatic rings. The van der Waals surface area contributed by atoms with Crippen molar-refractivity contribution in [1.29, 1.82) is 0 Å². The molecule has 1 saturated heterocycles. The monoisotopic (exact) mass is 354 g/mol. The van der Waals surface area contributed by atoms with E-state index >= 15 is 0 Å². The van der Waals surface area contributed by atoms with Gasteiger partial charge in [-0.15, -0.1) is 0 Å². The second-order valence-electron chi connectivity index (χ2n) is 5.63. The molecule has 1 fully saturated rings. The quantitative estimate of drug-likeness (QED) is 0.894. The smallest absolute Gasteiger partial charge is 0.243 e. The van der Waals surface area contributed by atoms with Crippen LogP contribution in [0.4, 0.5) is 4.39 Å². The summed E-state index contributed by atoms with van der Waals surface area (Å²) in [6.45, 7) is 1.15. The van der Waals surface area contributed by atoms with Crippen molar-refractivity contribution in [2.45, 2.75) is 10.9 Å². The number of H-pyrrole nitrogens is 1. The molecule has 0 radical (unpaired) electrons. The number of sulfonamides is 1. The topological polar surface area (TPSA) is 78.5 Å². The van der Waals surface area contributed by atoms with E-state index in [1.165, 1.54) is 23.5 Å². The number of nitrogens with one attached hydrogen (secondary N) is 1. The number of halogens is 1. The van der Waals surface area contributed by atoms with Crippen LogP contribution < -0.4 is 4.74 Å². The summed E-state index contributed by atoms with van der Waals surface area (Å²) in [5.74, 6) is 0.0226. The average molecular weight is 354 g/mol. The molecule has 7 nitrogen and oxygen atoms in total. The second kappa shape index (κ2) is 6.50. The second-order valence-corrected chi connectivity index (χ2v) is 7.57. The van der Waals surface area contributed by atoms with Gasteiger partial charge in [-0.1, -0.05) is 0 Å². The van der Waals surface area contributed by atoms with Gasteiger partial charge in [0.15, 0.2) is 11.6 Å². The molecular formula is C15H19FN4O3S. The zero-order valence-electron chi connectivity index (χ0n) is 13.4. The van der Waals surface area contributed by atoms with E-state index in [-0.39, 0.29) is 23.2 Å². The predicted octanol–water partition coefficient (Wildman–Crippen LogP) is 1.23. The van der Waals surface area contributed by atoms with Gasteiger partial charge in [-0.3, -0.25) is 4.90 Å². The summed E-state index contributed by atoms with van der Waals surface area (Å²) in [7, 11) is -0.532. The van der Waals surface area contributed by atoms with Gasteiger partial charge < -0.3 is 9.72 Å². The lowest BCUT2D eigenvalue weighted by Crippen LogP contribution is -2.49. The SMILES string of the molecule is COc1ccc(S(=O)(=O)N2CCN(C)[C@H](c3ncc[nH]3)C2)cc1F. The van der Waals surface area contributed by atoms with E-state index in [1.54, 1.807) is 12.4 Å². The molecule has 1 aromatic heterocycles. The Bertz CT molecular complexity index is 810. The molecule has 0 amide bonds. The molecule has 0 bridgehead atoms. The minimum atomic E-state index is -3.79. The van der Waals surface area contributed by atoms with Crippen molar-refractivity contribution >= 4 is 10.0 Å². The van der Waals surface area contributed by atoms with E-state index in [0.717, 1.165) is 6.07 Å². The first-order valence-electron chi connectivity index (χ1n) is 7.46. The molecule has 1 aromatic carbocycles. The van der Waals surface area contributed by atoms with E-state index in [2.05, 4.69) is 9.97 Å². The summed E-state index contributed by atoms with van der Waals surface area (Å²) in [6.07, 6.45) is 3.34. The van der Waals surface area contributed by atoms with Crippen LogP contribution in [0.1, 0.15) is 11.9 Å². The number of imidazole rings is 1. The van der Waals surface area contributed by atoms with E-state index in [4.69, 9.17) is 4.74 Å². The van der Waals surface area contributed by atoms with Crippen molar-refractivity contribution in [2.75, 3.05) is 33.8 Å². The highest BCUT2D eigenvalue weighted by Gasteiger charge is 2.34. The number of nitrogens with zero attached hydrogens (tertiary/aromatic N) is 3. The molecule has 1 atom stereocenters. The standard InChI is InChI=1S/C15H19FN4O3S/c1-19-7-8-20(10-13(19)15-17-5-6-18-15)24(21,22)11-3-4-14(23-2)12(16)9-11/h3-6,9,13H,7-8,10H2,1-2H3,(H,17,18)/t13-/m0/s1. The summed E-state index contributed by atoms with van der Waals surface area (Å²) in [6, 6.07) is 3.50. The lowest BCUT2D eigenvalue weighted by atomic mass is 10.2. The fraction of sp³-hybridized carbons (Fsp3) is 0.400. The third kappa shape index (κ3) is 3.02. The summed E-state index contributed by atoms with van der Waals surface area (Å²) >= 11 is 0. The number of hydrogen-bond donors (Lipinski definition) is 1. The predicted molar refractivity (Wildman–Crippen MR) is 85.7 cm³/mol. The summed E-state index contributed by atoms with van der Waals surface area (Å²) in [4.78, 5) is 9.20. The maximum atomic E-state index is 13.9. The highest BCUT2D eigenvalue weighted by atomic mass is 32.2. The van der Waals surface area contributed by atoms with Crippen molar-refractivity contribution < 1.29 is 17.5 Å². The Balaban J connectivity index is 1.88. The Morgan fingerprint density at radius 2 is 2.17 bits per heavy atom. The summed E-state index contributed by atoms with van der Waals surface area (Å²) in [5, 5.41) is 0. The van der Waals surface area contributed by atoms with E-state index in [9.17, 15) is 12.8 Å². The van der Waals surface area contributed by atoms with E-state index in [1.807, 2.05) is 11.9 Å². The third-order valence-electron chi connectivity index (χ3n) is 4.21. The van der Waals surface area contributed by atoms with Gasteiger partial charge in [-0.05, 0) is 25.2 Å². The van der Waals surface area contributed by atoms with Crippen LogP contribution in [-0.2, 0) is 10.0 Å². The van der Waals surface area contributed by atoms with Crippen LogP contribution in [0.5, 0.6) is 5.75 Å². The minimum absolute atomic E-state index is 0.0146. The molecule has 24 heavy (non-hydrogen) atoms. The number of piperazine rings is 1. The molecule has 9 heteroatoms. The number of hydrogen-bond acceptors (Lipinski definition) is 5. The number of benzene rings is 1. The van der Waals surface area contributed by atoms with Crippen LogP contribution in [-0.4, -0.2) is 61.4 Å². The summed E-state index contributed by atoms with van der Waals surface area (Å²) in [5.41, 5.74) is 0. The number of methoxy groups -OCH3 is 1. The van der Waals surface area contributed by atoms with E-state index in [0.29, 0.717) is 18.9 Å². The largest absolute Gasteiger partial charge is 0.494 e. The molecule has 0 aliphatic carbocycles. The van der Waals surface area contributed by atoms with Crippen molar-refractivity contribution in [2.24, 2.45) is 0 Å². The van der Waals surface area contributed by atoms with Gasteiger partial charge in [-0.2, -0.15) is 4.31 Å².